The van der Waals surface area contributed by atoms with Gasteiger partial charge in [0.05, 0.1) is 0 Å². The van der Waals surface area contributed by atoms with E-state index in [0.29, 0.717) is 19.4 Å². The predicted octanol–water partition coefficient (Wildman–Crippen LogP) is 4.64. The first-order chi connectivity index (χ1) is 14.3. The number of ether oxygens (including phenoxy) is 1. The van der Waals surface area contributed by atoms with Crippen LogP contribution in [-0.2, 0) is 16.0 Å². The lowest BCUT2D eigenvalue weighted by Crippen LogP contribution is -2.45. The Bertz CT molecular complexity index is 872. The summed E-state index contributed by atoms with van der Waals surface area (Å²) in [6.45, 7) is 6.09. The van der Waals surface area contributed by atoms with Gasteiger partial charge in [-0.05, 0) is 44.4 Å². The Morgan fingerprint density at radius 2 is 1.77 bits per heavy atom. The average Bonchev–Trinajstić information content (AvgIpc) is 3.07. The first kappa shape index (κ1) is 21.6. The maximum Gasteiger partial charge on any atom is 0.407 e. The number of nitrogens with one attached hydrogen (secondary N) is 1. The summed E-state index contributed by atoms with van der Waals surface area (Å²) in [6, 6.07) is 19.7. The number of nitrogens with zero attached hydrogens (tertiary/aromatic N) is 1. The molecule has 2 aromatic rings. The highest BCUT2D eigenvalue weighted by atomic mass is 16.6. The smallest absolute Gasteiger partial charge is 0.407 e. The zero-order valence-electron chi connectivity index (χ0n) is 17.9. The van der Waals surface area contributed by atoms with E-state index in [9.17, 15) is 9.59 Å². The number of likely N-dealkylation sites (tertiary alicyclic amines) is 1. The van der Waals surface area contributed by atoms with Crippen LogP contribution in [0.5, 0.6) is 0 Å². The van der Waals surface area contributed by atoms with Crippen molar-refractivity contribution in [3.05, 3.63) is 78.0 Å². The van der Waals surface area contributed by atoms with Gasteiger partial charge in [-0.3, -0.25) is 4.79 Å². The van der Waals surface area contributed by atoms with Gasteiger partial charge in [-0.15, -0.1) is 0 Å². The van der Waals surface area contributed by atoms with E-state index in [0.717, 1.165) is 11.1 Å². The second-order valence-electron chi connectivity index (χ2n) is 8.68. The van der Waals surface area contributed by atoms with Gasteiger partial charge in [-0.2, -0.15) is 0 Å². The van der Waals surface area contributed by atoms with Crippen molar-refractivity contribution in [1.29, 1.82) is 0 Å². The van der Waals surface area contributed by atoms with E-state index in [-0.39, 0.29) is 17.9 Å². The lowest BCUT2D eigenvalue weighted by Gasteiger charge is -2.27. The average molecular weight is 407 g/mol. The lowest BCUT2D eigenvalue weighted by atomic mass is 9.92. The van der Waals surface area contributed by atoms with Crippen molar-refractivity contribution in [3.63, 3.8) is 0 Å². The van der Waals surface area contributed by atoms with Crippen LogP contribution in [0.25, 0.3) is 6.08 Å². The number of carbonyl (C=O) groups excluding carboxylic acids is 2. The van der Waals surface area contributed by atoms with Gasteiger partial charge >= 0.3 is 6.09 Å². The fourth-order valence-electron chi connectivity index (χ4n) is 3.58. The van der Waals surface area contributed by atoms with Gasteiger partial charge < -0.3 is 15.0 Å². The fourth-order valence-corrected chi connectivity index (χ4v) is 3.58. The number of benzene rings is 2. The van der Waals surface area contributed by atoms with Crippen molar-refractivity contribution in [3.8, 4) is 0 Å². The molecule has 1 saturated heterocycles. The summed E-state index contributed by atoms with van der Waals surface area (Å²) in [7, 11) is 0. The maximum atomic E-state index is 12.6. The van der Waals surface area contributed by atoms with Crippen molar-refractivity contribution in [2.45, 2.75) is 45.3 Å². The van der Waals surface area contributed by atoms with E-state index in [1.165, 1.54) is 0 Å². The maximum absolute atomic E-state index is 12.6. The summed E-state index contributed by atoms with van der Waals surface area (Å²) in [5.41, 5.74) is 1.59. The molecule has 0 aliphatic carbocycles. The molecule has 0 bridgehead atoms. The van der Waals surface area contributed by atoms with Gasteiger partial charge in [0.15, 0.2) is 0 Å². The Labute approximate surface area is 178 Å². The molecule has 0 radical (unpaired) electrons. The summed E-state index contributed by atoms with van der Waals surface area (Å²) in [4.78, 5) is 26.8. The minimum Gasteiger partial charge on any atom is -0.444 e. The minimum atomic E-state index is -0.572. The number of alkyl carbamates (subject to hydrolysis) is 1. The number of amides is 2. The molecule has 2 atom stereocenters. The molecule has 30 heavy (non-hydrogen) atoms. The number of hydrogen-bond donors (Lipinski definition) is 1. The first-order valence-electron chi connectivity index (χ1n) is 10.4. The number of carbonyl (C=O) groups is 2. The molecule has 5 nitrogen and oxygen atoms in total. The van der Waals surface area contributed by atoms with Gasteiger partial charge in [-0.25, -0.2) is 4.79 Å². The zero-order chi connectivity index (χ0) is 21.6. The normalized spacial score (nSPS) is 17.9. The molecule has 0 saturated carbocycles. The van der Waals surface area contributed by atoms with E-state index in [1.807, 2.05) is 93.7 Å². The Kier molecular flexibility index (Phi) is 6.93. The highest BCUT2D eigenvalue weighted by molar-refractivity contribution is 5.81. The Balaban J connectivity index is 1.71. The molecule has 3 rings (SSSR count). The van der Waals surface area contributed by atoms with Gasteiger partial charge in [0, 0.05) is 31.1 Å². The summed E-state index contributed by atoms with van der Waals surface area (Å²) in [6.07, 6.45) is 4.37. The van der Waals surface area contributed by atoms with Crippen molar-refractivity contribution >= 4 is 18.1 Å². The third-order valence-electron chi connectivity index (χ3n) is 5.00. The summed E-state index contributed by atoms with van der Waals surface area (Å²) in [5, 5.41) is 3.01. The third kappa shape index (κ3) is 6.48. The van der Waals surface area contributed by atoms with Gasteiger partial charge in [0.1, 0.15) is 5.60 Å². The highest BCUT2D eigenvalue weighted by Gasteiger charge is 2.35. The van der Waals surface area contributed by atoms with Crippen LogP contribution in [-0.4, -0.2) is 35.1 Å². The quantitative estimate of drug-likeness (QED) is 0.760. The lowest BCUT2D eigenvalue weighted by molar-refractivity contribution is -0.125. The van der Waals surface area contributed by atoms with Crippen molar-refractivity contribution < 1.29 is 14.3 Å². The van der Waals surface area contributed by atoms with E-state index >= 15 is 0 Å². The van der Waals surface area contributed by atoms with Crippen molar-refractivity contribution in [2.75, 3.05) is 6.54 Å². The second kappa shape index (κ2) is 9.61. The van der Waals surface area contributed by atoms with E-state index < -0.39 is 11.7 Å². The minimum absolute atomic E-state index is 0.00523. The van der Waals surface area contributed by atoms with Crippen molar-refractivity contribution in [1.82, 2.24) is 10.2 Å². The van der Waals surface area contributed by atoms with E-state index in [4.69, 9.17) is 4.74 Å². The molecule has 2 aromatic carbocycles. The second-order valence-corrected chi connectivity index (χ2v) is 8.68. The Morgan fingerprint density at radius 1 is 1.13 bits per heavy atom. The third-order valence-corrected chi connectivity index (χ3v) is 5.00. The molecular weight excluding hydrogens is 376 g/mol. The molecule has 2 amide bonds. The SMILES string of the molecule is CC(C)(C)OC(=O)N[C@H](Cc1ccccc1)[C@@H]1CC(=O)N(C=Cc2ccccc2)C1. The molecule has 1 aliphatic heterocycles. The molecule has 0 aromatic heterocycles. The van der Waals surface area contributed by atoms with Crippen LogP contribution in [0.1, 0.15) is 38.3 Å². The molecule has 1 N–H and O–H groups in total. The largest absolute Gasteiger partial charge is 0.444 e. The standard InChI is InChI=1S/C25H30N2O3/c1-25(2,3)30-24(29)26-22(16-20-12-8-5-9-13-20)21-17-23(28)27(18-21)15-14-19-10-6-4-7-11-19/h4-15,21-22H,16-18H2,1-3H3,(H,26,29)/t21-,22-/m1/s1. The molecule has 0 unspecified atom stereocenters. The Hall–Kier alpha value is -3.08. The topological polar surface area (TPSA) is 58.6 Å². The van der Waals surface area contributed by atoms with Gasteiger partial charge in [-0.1, -0.05) is 60.7 Å². The van der Waals surface area contributed by atoms with Crippen LogP contribution in [0.2, 0.25) is 0 Å². The van der Waals surface area contributed by atoms with Crippen molar-refractivity contribution in [2.24, 2.45) is 5.92 Å². The molecule has 1 heterocycles. The van der Waals surface area contributed by atoms with Gasteiger partial charge in [0.25, 0.3) is 0 Å². The Morgan fingerprint density at radius 3 is 2.40 bits per heavy atom. The summed E-state index contributed by atoms with van der Waals surface area (Å²) < 4.78 is 5.46. The fraction of sp³-hybridized carbons (Fsp3) is 0.360. The highest BCUT2D eigenvalue weighted by Crippen LogP contribution is 2.25. The monoisotopic (exact) mass is 406 g/mol. The van der Waals surface area contributed by atoms with Crippen LogP contribution in [0.4, 0.5) is 4.79 Å². The first-order valence-corrected chi connectivity index (χ1v) is 10.4. The summed E-state index contributed by atoms with van der Waals surface area (Å²) in [5.74, 6) is 0.0712. The predicted molar refractivity (Wildman–Crippen MR) is 119 cm³/mol. The zero-order valence-corrected chi connectivity index (χ0v) is 17.9. The molecule has 158 valence electrons. The van der Waals surface area contributed by atoms with Crippen LogP contribution in [0, 0.1) is 5.92 Å². The molecular formula is C25H30N2O3. The van der Waals surface area contributed by atoms with E-state index in [2.05, 4.69) is 5.32 Å². The van der Waals surface area contributed by atoms with Crippen LogP contribution < -0.4 is 5.32 Å². The van der Waals surface area contributed by atoms with E-state index in [1.54, 1.807) is 4.90 Å². The molecule has 1 aliphatic rings. The van der Waals surface area contributed by atoms with Crippen LogP contribution in [0.15, 0.2) is 66.9 Å². The van der Waals surface area contributed by atoms with Crippen LogP contribution >= 0.6 is 0 Å². The number of hydrogen-bond acceptors (Lipinski definition) is 3. The van der Waals surface area contributed by atoms with Crippen LogP contribution in [0.3, 0.4) is 0 Å². The molecule has 1 fully saturated rings. The molecule has 0 spiro atoms. The number of rotatable bonds is 6. The summed E-state index contributed by atoms with van der Waals surface area (Å²) >= 11 is 0. The molecule has 5 heteroatoms. The van der Waals surface area contributed by atoms with Gasteiger partial charge in [0.2, 0.25) is 5.91 Å².